The van der Waals surface area contributed by atoms with Gasteiger partial charge in [-0.25, -0.2) is 0 Å². The van der Waals surface area contributed by atoms with Gasteiger partial charge in [-0.05, 0) is 20.4 Å². The van der Waals surface area contributed by atoms with E-state index in [0.717, 1.165) is 13.1 Å². The molecule has 1 rings (SSSR count). The molecule has 6 nitrogen and oxygen atoms in total. The molecule has 1 amide bonds. The summed E-state index contributed by atoms with van der Waals surface area (Å²) in [6.07, 6.45) is 0.982. The molecule has 1 aliphatic rings. The molecule has 0 aromatic carbocycles. The van der Waals surface area contributed by atoms with Gasteiger partial charge in [0.05, 0.1) is 13.2 Å². The normalized spacial score (nSPS) is 15.3. The highest BCUT2D eigenvalue weighted by Gasteiger charge is 2.22. The van der Waals surface area contributed by atoms with Gasteiger partial charge in [0.25, 0.3) is 0 Å². The molecule has 0 aromatic rings. The lowest BCUT2D eigenvalue weighted by Gasteiger charge is -2.35. The first kappa shape index (κ1) is 14.9. The van der Waals surface area contributed by atoms with Crippen LogP contribution in [0.2, 0.25) is 0 Å². The molecular formula is C12H23N3O3. The Balaban J connectivity index is 2.00. The van der Waals surface area contributed by atoms with Crippen molar-refractivity contribution in [3.63, 3.8) is 0 Å². The maximum Gasteiger partial charge on any atom is 0.305 e. The number of amides is 1. The van der Waals surface area contributed by atoms with Crippen LogP contribution >= 0.6 is 0 Å². The number of carbonyl (C=O) groups excluding carboxylic acids is 2. The van der Waals surface area contributed by atoms with E-state index in [0.29, 0.717) is 38.6 Å². The first-order valence-electron chi connectivity index (χ1n) is 6.46. The van der Waals surface area contributed by atoms with E-state index in [1.165, 1.54) is 0 Å². The summed E-state index contributed by atoms with van der Waals surface area (Å²) in [4.78, 5) is 24.7. The molecular weight excluding hydrogens is 234 g/mol. The minimum atomic E-state index is -0.204. The molecule has 0 atom stereocenters. The Morgan fingerprint density at radius 1 is 1.44 bits per heavy atom. The molecule has 0 unspecified atom stereocenters. The summed E-state index contributed by atoms with van der Waals surface area (Å²) < 4.78 is 4.80. The number of nitrogens with zero attached hydrogens (tertiary/aromatic N) is 1. The van der Waals surface area contributed by atoms with Crippen LogP contribution in [0.15, 0.2) is 0 Å². The van der Waals surface area contributed by atoms with Crippen LogP contribution in [0.4, 0.5) is 0 Å². The number of ether oxygens (including phenoxy) is 1. The van der Waals surface area contributed by atoms with Crippen molar-refractivity contribution < 1.29 is 14.3 Å². The van der Waals surface area contributed by atoms with E-state index in [9.17, 15) is 9.59 Å². The zero-order valence-corrected chi connectivity index (χ0v) is 11.2. The van der Waals surface area contributed by atoms with Gasteiger partial charge in [-0.15, -0.1) is 0 Å². The third-order valence-corrected chi connectivity index (χ3v) is 2.96. The SMILES string of the molecule is CCOC(=O)CCCNC(=O)CN(C)C1CNC1. The van der Waals surface area contributed by atoms with E-state index in [1.807, 2.05) is 11.9 Å². The fraction of sp³-hybridized carbons (Fsp3) is 0.833. The van der Waals surface area contributed by atoms with Crippen molar-refractivity contribution in [2.75, 3.05) is 39.8 Å². The zero-order valence-electron chi connectivity index (χ0n) is 11.2. The Hall–Kier alpha value is -1.14. The minimum absolute atomic E-state index is 0.00765. The fourth-order valence-corrected chi connectivity index (χ4v) is 1.69. The average Bonchev–Trinajstić information content (AvgIpc) is 2.22. The molecule has 0 aromatic heterocycles. The predicted molar refractivity (Wildman–Crippen MR) is 68.2 cm³/mol. The van der Waals surface area contributed by atoms with E-state index in [2.05, 4.69) is 10.6 Å². The van der Waals surface area contributed by atoms with Crippen LogP contribution in [0.5, 0.6) is 0 Å². The highest BCUT2D eigenvalue weighted by atomic mass is 16.5. The van der Waals surface area contributed by atoms with Gasteiger partial charge in [0.1, 0.15) is 0 Å². The Morgan fingerprint density at radius 3 is 2.72 bits per heavy atom. The molecule has 18 heavy (non-hydrogen) atoms. The second kappa shape index (κ2) is 8.05. The van der Waals surface area contributed by atoms with Gasteiger partial charge in [-0.3, -0.25) is 14.5 Å². The van der Waals surface area contributed by atoms with Crippen LogP contribution in [-0.4, -0.2) is 62.7 Å². The van der Waals surface area contributed by atoms with Crippen molar-refractivity contribution in [3.8, 4) is 0 Å². The van der Waals surface area contributed by atoms with E-state index < -0.39 is 0 Å². The van der Waals surface area contributed by atoms with Gasteiger partial charge in [-0.2, -0.15) is 0 Å². The Kier molecular flexibility index (Phi) is 6.67. The third kappa shape index (κ3) is 5.46. The molecule has 1 fully saturated rings. The lowest BCUT2D eigenvalue weighted by atomic mass is 10.1. The number of rotatable bonds is 8. The zero-order chi connectivity index (χ0) is 13.4. The molecule has 0 spiro atoms. The summed E-state index contributed by atoms with van der Waals surface area (Å²) in [5.74, 6) is -0.197. The van der Waals surface area contributed by atoms with E-state index in [4.69, 9.17) is 4.74 Å². The van der Waals surface area contributed by atoms with Crippen molar-refractivity contribution in [2.45, 2.75) is 25.8 Å². The Morgan fingerprint density at radius 2 is 2.17 bits per heavy atom. The highest BCUT2D eigenvalue weighted by molar-refractivity contribution is 5.78. The maximum absolute atomic E-state index is 11.6. The summed E-state index contributed by atoms with van der Waals surface area (Å²) in [5.41, 5.74) is 0. The highest BCUT2D eigenvalue weighted by Crippen LogP contribution is 2.00. The fourth-order valence-electron chi connectivity index (χ4n) is 1.69. The first-order chi connectivity index (χ1) is 8.63. The Labute approximate surface area is 108 Å². The Bertz CT molecular complexity index is 280. The summed E-state index contributed by atoms with van der Waals surface area (Å²) >= 11 is 0. The maximum atomic E-state index is 11.6. The number of hydrogen-bond acceptors (Lipinski definition) is 5. The second-order valence-electron chi connectivity index (χ2n) is 4.49. The quantitative estimate of drug-likeness (QED) is 0.447. The van der Waals surface area contributed by atoms with Gasteiger partial charge in [0.15, 0.2) is 0 Å². The molecule has 0 bridgehead atoms. The largest absolute Gasteiger partial charge is 0.466 e. The van der Waals surface area contributed by atoms with Gasteiger partial charge >= 0.3 is 5.97 Å². The number of carbonyl (C=O) groups is 2. The van der Waals surface area contributed by atoms with E-state index in [-0.39, 0.29) is 11.9 Å². The molecule has 1 heterocycles. The minimum Gasteiger partial charge on any atom is -0.466 e. The molecule has 6 heteroatoms. The van der Waals surface area contributed by atoms with Gasteiger partial charge in [0, 0.05) is 32.1 Å². The van der Waals surface area contributed by atoms with Crippen molar-refractivity contribution in [3.05, 3.63) is 0 Å². The smallest absolute Gasteiger partial charge is 0.305 e. The number of likely N-dealkylation sites (N-methyl/N-ethyl adjacent to an activating group) is 1. The van der Waals surface area contributed by atoms with Gasteiger partial charge < -0.3 is 15.4 Å². The van der Waals surface area contributed by atoms with Crippen LogP contribution < -0.4 is 10.6 Å². The molecule has 1 saturated heterocycles. The van der Waals surface area contributed by atoms with Crippen molar-refractivity contribution in [1.82, 2.24) is 15.5 Å². The van der Waals surface area contributed by atoms with Crippen LogP contribution in [0.25, 0.3) is 0 Å². The topological polar surface area (TPSA) is 70.7 Å². The van der Waals surface area contributed by atoms with E-state index in [1.54, 1.807) is 6.92 Å². The first-order valence-corrected chi connectivity index (χ1v) is 6.46. The number of esters is 1. The molecule has 0 aliphatic carbocycles. The van der Waals surface area contributed by atoms with Crippen LogP contribution in [0, 0.1) is 0 Å². The summed E-state index contributed by atoms with van der Waals surface area (Å²) in [6, 6.07) is 0.468. The molecule has 104 valence electrons. The average molecular weight is 257 g/mol. The summed E-state index contributed by atoms with van der Waals surface area (Å²) in [7, 11) is 1.95. The summed E-state index contributed by atoms with van der Waals surface area (Å²) in [5, 5.41) is 5.97. The number of hydrogen-bond donors (Lipinski definition) is 2. The molecule has 0 saturated carbocycles. The third-order valence-electron chi connectivity index (χ3n) is 2.96. The standard InChI is InChI=1S/C12H23N3O3/c1-3-18-12(17)5-4-6-14-11(16)9-15(2)10-7-13-8-10/h10,13H,3-9H2,1-2H3,(H,14,16). The van der Waals surface area contributed by atoms with Gasteiger partial charge in [0.2, 0.25) is 5.91 Å². The molecule has 2 N–H and O–H groups in total. The second-order valence-corrected chi connectivity index (χ2v) is 4.49. The summed E-state index contributed by atoms with van der Waals surface area (Å²) in [6.45, 7) is 5.02. The monoisotopic (exact) mass is 257 g/mol. The van der Waals surface area contributed by atoms with Gasteiger partial charge in [-0.1, -0.05) is 0 Å². The number of nitrogens with one attached hydrogen (secondary N) is 2. The van der Waals surface area contributed by atoms with Crippen molar-refractivity contribution >= 4 is 11.9 Å². The predicted octanol–water partition coefficient (Wildman–Crippen LogP) is -0.650. The van der Waals surface area contributed by atoms with Crippen molar-refractivity contribution in [2.24, 2.45) is 0 Å². The molecule has 0 radical (unpaired) electrons. The lowest BCUT2D eigenvalue weighted by Crippen LogP contribution is -2.57. The van der Waals surface area contributed by atoms with Crippen molar-refractivity contribution in [1.29, 1.82) is 0 Å². The van der Waals surface area contributed by atoms with Crippen LogP contribution in [0.1, 0.15) is 19.8 Å². The van der Waals surface area contributed by atoms with Crippen LogP contribution in [0.3, 0.4) is 0 Å². The molecule has 1 aliphatic heterocycles. The lowest BCUT2D eigenvalue weighted by molar-refractivity contribution is -0.143. The van der Waals surface area contributed by atoms with E-state index >= 15 is 0 Å². The van der Waals surface area contributed by atoms with Crippen LogP contribution in [-0.2, 0) is 14.3 Å².